The highest BCUT2D eigenvalue weighted by atomic mass is 19.1. The molecule has 4 rings (SSSR count). The number of aromatic nitrogens is 2. The zero-order chi connectivity index (χ0) is 19.8. The number of carbonyl (C=O) groups is 1. The van der Waals surface area contributed by atoms with Crippen LogP contribution >= 0.6 is 0 Å². The Bertz CT molecular complexity index is 1170. The molecular weight excluding hydrogens is 363 g/mol. The lowest BCUT2D eigenvalue weighted by atomic mass is 10.1. The van der Waals surface area contributed by atoms with Crippen molar-refractivity contribution in [3.63, 3.8) is 0 Å². The molecule has 0 saturated carbocycles. The van der Waals surface area contributed by atoms with Crippen LogP contribution in [-0.4, -0.2) is 26.5 Å². The molecule has 3 aromatic rings. The van der Waals surface area contributed by atoms with Crippen LogP contribution in [0, 0.1) is 5.82 Å². The SMILES string of the molecule is CC1=NN(c2ccccc2)C(=O)/C1=C/c1c(O)n(-c2ccc(F)cc2)[nH]c1=O. The highest BCUT2D eigenvalue weighted by molar-refractivity contribution is 6.32. The Morgan fingerprint density at radius 1 is 1.04 bits per heavy atom. The van der Waals surface area contributed by atoms with Gasteiger partial charge in [0.05, 0.1) is 22.7 Å². The number of hydrogen-bond acceptors (Lipinski definition) is 4. The smallest absolute Gasteiger partial charge is 0.280 e. The van der Waals surface area contributed by atoms with E-state index in [1.165, 1.54) is 35.4 Å². The number of anilines is 1. The number of benzene rings is 2. The summed E-state index contributed by atoms with van der Waals surface area (Å²) in [5.74, 6) is -1.23. The van der Waals surface area contributed by atoms with Crippen molar-refractivity contribution < 1.29 is 14.3 Å². The molecule has 0 unspecified atom stereocenters. The second-order valence-electron chi connectivity index (χ2n) is 6.19. The number of carbonyl (C=O) groups excluding carboxylic acids is 1. The molecule has 8 heteroatoms. The van der Waals surface area contributed by atoms with Crippen LogP contribution in [-0.2, 0) is 4.79 Å². The molecule has 1 aliphatic rings. The van der Waals surface area contributed by atoms with Crippen LogP contribution in [0.1, 0.15) is 12.5 Å². The summed E-state index contributed by atoms with van der Waals surface area (Å²) in [5.41, 5.74) is 0.904. The Hall–Kier alpha value is -3.94. The topological polar surface area (TPSA) is 90.7 Å². The zero-order valence-corrected chi connectivity index (χ0v) is 14.8. The van der Waals surface area contributed by atoms with E-state index in [-0.39, 0.29) is 17.0 Å². The molecule has 2 aromatic carbocycles. The molecule has 0 atom stereocenters. The molecule has 0 bridgehead atoms. The van der Waals surface area contributed by atoms with Crippen LogP contribution in [0.2, 0.25) is 0 Å². The van der Waals surface area contributed by atoms with Crippen molar-refractivity contribution in [2.24, 2.45) is 5.10 Å². The first kappa shape index (κ1) is 17.5. The van der Waals surface area contributed by atoms with Crippen molar-refractivity contribution in [2.45, 2.75) is 6.92 Å². The molecule has 0 spiro atoms. The van der Waals surface area contributed by atoms with Gasteiger partial charge in [0.2, 0.25) is 5.88 Å². The minimum atomic E-state index is -0.590. The van der Waals surface area contributed by atoms with Crippen LogP contribution in [0.4, 0.5) is 10.1 Å². The van der Waals surface area contributed by atoms with Gasteiger partial charge in [-0.1, -0.05) is 18.2 Å². The second kappa shape index (κ2) is 6.66. The van der Waals surface area contributed by atoms with Gasteiger partial charge < -0.3 is 5.11 Å². The van der Waals surface area contributed by atoms with Gasteiger partial charge in [-0.25, -0.2) is 9.07 Å². The van der Waals surface area contributed by atoms with Gasteiger partial charge in [-0.3, -0.25) is 14.7 Å². The number of hydrazone groups is 1. The van der Waals surface area contributed by atoms with Crippen molar-refractivity contribution in [3.8, 4) is 11.6 Å². The molecule has 1 aliphatic heterocycles. The molecule has 28 heavy (non-hydrogen) atoms. The van der Waals surface area contributed by atoms with Gasteiger partial charge in [-0.2, -0.15) is 10.1 Å². The van der Waals surface area contributed by atoms with E-state index in [0.717, 1.165) is 4.68 Å². The third-order valence-electron chi connectivity index (χ3n) is 4.35. The van der Waals surface area contributed by atoms with Gasteiger partial charge in [0.1, 0.15) is 11.4 Å². The standard InChI is InChI=1S/C20H15FN4O3/c1-12-16(19(27)24(22-12)14-5-3-2-4-6-14)11-17-18(26)23-25(20(17)28)15-9-7-13(21)8-10-15/h2-11,28H,1H3,(H,23,26)/b16-11+. The number of hydrogen-bond donors (Lipinski definition) is 2. The Kier molecular flexibility index (Phi) is 4.15. The van der Waals surface area contributed by atoms with Gasteiger partial charge in [-0.15, -0.1) is 0 Å². The van der Waals surface area contributed by atoms with Gasteiger partial charge in [0.25, 0.3) is 11.5 Å². The number of nitrogens with one attached hydrogen (secondary N) is 1. The van der Waals surface area contributed by atoms with Gasteiger partial charge in [-0.05, 0) is 49.4 Å². The molecule has 7 nitrogen and oxygen atoms in total. The average molecular weight is 378 g/mol. The van der Waals surface area contributed by atoms with E-state index in [1.807, 2.05) is 6.07 Å². The highest BCUT2D eigenvalue weighted by Gasteiger charge is 2.29. The molecule has 140 valence electrons. The number of para-hydroxylation sites is 1. The predicted octanol–water partition coefficient (Wildman–Crippen LogP) is 2.82. The lowest BCUT2D eigenvalue weighted by molar-refractivity contribution is -0.114. The summed E-state index contributed by atoms with van der Waals surface area (Å²) >= 11 is 0. The molecule has 1 aromatic heterocycles. The van der Waals surface area contributed by atoms with Crippen molar-refractivity contribution in [2.75, 3.05) is 5.01 Å². The van der Waals surface area contributed by atoms with Crippen molar-refractivity contribution in [1.82, 2.24) is 9.78 Å². The quantitative estimate of drug-likeness (QED) is 0.687. The minimum Gasteiger partial charge on any atom is -0.493 e. The summed E-state index contributed by atoms with van der Waals surface area (Å²) in [5, 5.41) is 18.4. The van der Waals surface area contributed by atoms with Gasteiger partial charge >= 0.3 is 0 Å². The molecule has 2 N–H and O–H groups in total. The van der Waals surface area contributed by atoms with Crippen molar-refractivity contribution in [1.29, 1.82) is 0 Å². The zero-order valence-electron chi connectivity index (χ0n) is 14.8. The van der Waals surface area contributed by atoms with E-state index in [9.17, 15) is 19.1 Å². The van der Waals surface area contributed by atoms with Crippen LogP contribution in [0.15, 0.2) is 70.1 Å². The third-order valence-corrected chi connectivity index (χ3v) is 4.35. The molecule has 0 saturated heterocycles. The van der Waals surface area contributed by atoms with Crippen molar-refractivity contribution >= 4 is 23.4 Å². The predicted molar refractivity (Wildman–Crippen MR) is 103 cm³/mol. The first-order valence-corrected chi connectivity index (χ1v) is 8.42. The maximum absolute atomic E-state index is 13.1. The van der Waals surface area contributed by atoms with E-state index in [4.69, 9.17) is 0 Å². The third kappa shape index (κ3) is 2.90. The first-order chi connectivity index (χ1) is 13.5. The van der Waals surface area contributed by atoms with E-state index in [2.05, 4.69) is 10.2 Å². The normalized spacial score (nSPS) is 15.4. The fourth-order valence-electron chi connectivity index (χ4n) is 2.92. The van der Waals surface area contributed by atoms with Crippen LogP contribution in [0.3, 0.4) is 0 Å². The van der Waals surface area contributed by atoms with E-state index in [1.54, 1.807) is 31.2 Å². The lowest BCUT2D eigenvalue weighted by Crippen LogP contribution is -2.21. The Morgan fingerprint density at radius 2 is 1.71 bits per heavy atom. The minimum absolute atomic E-state index is 0.0860. The Morgan fingerprint density at radius 3 is 2.39 bits per heavy atom. The summed E-state index contributed by atoms with van der Waals surface area (Å²) in [4.78, 5) is 25.1. The highest BCUT2D eigenvalue weighted by Crippen LogP contribution is 2.26. The summed E-state index contributed by atoms with van der Waals surface area (Å²) < 4.78 is 14.2. The maximum Gasteiger partial charge on any atom is 0.280 e. The molecule has 0 fully saturated rings. The average Bonchev–Trinajstić information content (AvgIpc) is 3.14. The van der Waals surface area contributed by atoms with Crippen LogP contribution < -0.4 is 10.6 Å². The first-order valence-electron chi connectivity index (χ1n) is 8.42. The summed E-state index contributed by atoms with van der Waals surface area (Å²) in [7, 11) is 0. The Labute approximate surface area is 158 Å². The van der Waals surface area contributed by atoms with Crippen molar-refractivity contribution in [3.05, 3.63) is 81.9 Å². The molecule has 0 aliphatic carbocycles. The van der Waals surface area contributed by atoms with E-state index < -0.39 is 17.3 Å². The summed E-state index contributed by atoms with van der Waals surface area (Å²) in [6.45, 7) is 1.65. The fourth-order valence-corrected chi connectivity index (χ4v) is 2.92. The monoisotopic (exact) mass is 378 g/mol. The number of aromatic amines is 1. The fraction of sp³-hybridized carbons (Fsp3) is 0.0500. The number of nitrogens with zero attached hydrogens (tertiary/aromatic N) is 3. The van der Waals surface area contributed by atoms with Gasteiger partial charge in [0, 0.05) is 0 Å². The van der Waals surface area contributed by atoms with E-state index in [0.29, 0.717) is 17.1 Å². The van der Waals surface area contributed by atoms with Crippen LogP contribution in [0.5, 0.6) is 5.88 Å². The second-order valence-corrected chi connectivity index (χ2v) is 6.19. The van der Waals surface area contributed by atoms with Gasteiger partial charge in [0.15, 0.2) is 0 Å². The molecule has 1 amide bonds. The largest absolute Gasteiger partial charge is 0.493 e. The van der Waals surface area contributed by atoms with Crippen LogP contribution in [0.25, 0.3) is 11.8 Å². The molecule has 0 radical (unpaired) electrons. The van der Waals surface area contributed by atoms with E-state index >= 15 is 0 Å². The lowest BCUT2D eigenvalue weighted by Gasteiger charge is -2.10. The number of aromatic hydroxyl groups is 1. The number of amides is 1. The Balaban J connectivity index is 1.74. The number of halogens is 1. The summed E-state index contributed by atoms with van der Waals surface area (Å²) in [6, 6.07) is 14.1. The number of H-pyrrole nitrogens is 1. The molecule has 2 heterocycles. The summed E-state index contributed by atoms with van der Waals surface area (Å²) in [6.07, 6.45) is 1.30. The number of rotatable bonds is 3. The maximum atomic E-state index is 13.1. The molecular formula is C20H15FN4O3.